The van der Waals surface area contributed by atoms with E-state index in [9.17, 15) is 9.59 Å². The molecule has 0 aromatic carbocycles. The Hall–Kier alpha value is -1.14. The van der Waals surface area contributed by atoms with Gasteiger partial charge in [0.1, 0.15) is 0 Å². The predicted octanol–water partition coefficient (Wildman–Crippen LogP) is 0.807. The van der Waals surface area contributed by atoms with Crippen molar-refractivity contribution in [1.82, 2.24) is 9.80 Å². The summed E-state index contributed by atoms with van der Waals surface area (Å²) in [6.07, 6.45) is 0.0106. The second kappa shape index (κ2) is 7.59. The Bertz CT molecular complexity index is 336. The Morgan fingerprint density at radius 3 is 2.40 bits per heavy atom. The molecule has 1 rings (SSSR count). The van der Waals surface area contributed by atoms with E-state index in [1.54, 1.807) is 0 Å². The van der Waals surface area contributed by atoms with Gasteiger partial charge in [0.05, 0.1) is 26.2 Å². The highest BCUT2D eigenvalue weighted by Gasteiger charge is 2.29. The van der Waals surface area contributed by atoms with E-state index in [2.05, 4.69) is 0 Å². The van der Waals surface area contributed by atoms with Gasteiger partial charge in [0, 0.05) is 24.7 Å². The maximum absolute atomic E-state index is 12.4. The van der Waals surface area contributed by atoms with Gasteiger partial charge in [-0.1, -0.05) is 0 Å². The number of rotatable bonds is 6. The van der Waals surface area contributed by atoms with Crippen LogP contribution in [0.4, 0.5) is 0 Å². The zero-order valence-corrected chi connectivity index (χ0v) is 12.8. The van der Waals surface area contributed by atoms with Crippen molar-refractivity contribution in [2.75, 3.05) is 26.3 Å². The Kier molecular flexibility index (Phi) is 6.42. The first-order chi connectivity index (χ1) is 9.32. The van der Waals surface area contributed by atoms with Crippen LogP contribution in [0.25, 0.3) is 0 Å². The van der Waals surface area contributed by atoms with Gasteiger partial charge >= 0.3 is 5.97 Å². The summed E-state index contributed by atoms with van der Waals surface area (Å²) < 4.78 is 5.32. The third-order valence-corrected chi connectivity index (χ3v) is 3.50. The van der Waals surface area contributed by atoms with Gasteiger partial charge < -0.3 is 14.7 Å². The Balaban J connectivity index is 2.67. The molecule has 1 aliphatic heterocycles. The SMILES string of the molecule is CC(C)N(C(=O)CN1CCOCC1CC(=O)O)C(C)C. The minimum absolute atomic E-state index is 0.0106. The molecule has 20 heavy (non-hydrogen) atoms. The number of morpholine rings is 1. The van der Waals surface area contributed by atoms with E-state index in [-0.39, 0.29) is 37.0 Å². The van der Waals surface area contributed by atoms with E-state index in [0.29, 0.717) is 19.8 Å². The molecule has 1 atom stereocenters. The van der Waals surface area contributed by atoms with Crippen LogP contribution in [0.1, 0.15) is 34.1 Å². The number of carbonyl (C=O) groups excluding carboxylic acids is 1. The minimum Gasteiger partial charge on any atom is -0.481 e. The van der Waals surface area contributed by atoms with E-state index in [0.717, 1.165) is 0 Å². The van der Waals surface area contributed by atoms with E-state index in [4.69, 9.17) is 9.84 Å². The summed E-state index contributed by atoms with van der Waals surface area (Å²) in [5, 5.41) is 8.93. The average Bonchev–Trinajstić information content (AvgIpc) is 2.29. The maximum Gasteiger partial charge on any atom is 0.305 e. The fourth-order valence-electron chi connectivity index (χ4n) is 2.71. The molecule has 0 aliphatic carbocycles. The molecule has 6 heteroatoms. The molecule has 1 aliphatic rings. The lowest BCUT2D eigenvalue weighted by molar-refractivity contribution is -0.144. The quantitative estimate of drug-likeness (QED) is 0.782. The first kappa shape index (κ1) is 16.9. The zero-order chi connectivity index (χ0) is 15.3. The summed E-state index contributed by atoms with van der Waals surface area (Å²) in [6, 6.07) is 0.0642. The first-order valence-electron chi connectivity index (χ1n) is 7.17. The van der Waals surface area contributed by atoms with E-state index >= 15 is 0 Å². The molecule has 1 N–H and O–H groups in total. The molecule has 6 nitrogen and oxygen atoms in total. The van der Waals surface area contributed by atoms with Crippen LogP contribution in [0.2, 0.25) is 0 Å². The summed E-state index contributed by atoms with van der Waals surface area (Å²) in [4.78, 5) is 27.1. The van der Waals surface area contributed by atoms with Crippen molar-refractivity contribution in [3.05, 3.63) is 0 Å². The molecular weight excluding hydrogens is 260 g/mol. The Labute approximate surface area is 120 Å². The van der Waals surface area contributed by atoms with Crippen molar-refractivity contribution >= 4 is 11.9 Å². The molecule has 1 amide bonds. The summed E-state index contributed by atoms with van der Waals surface area (Å²) in [6.45, 7) is 9.76. The summed E-state index contributed by atoms with van der Waals surface area (Å²) in [7, 11) is 0. The fraction of sp³-hybridized carbons (Fsp3) is 0.857. The van der Waals surface area contributed by atoms with Gasteiger partial charge in [0.15, 0.2) is 0 Å². The second-order valence-electron chi connectivity index (χ2n) is 5.79. The Morgan fingerprint density at radius 1 is 1.30 bits per heavy atom. The van der Waals surface area contributed by atoms with Crippen LogP contribution in [-0.4, -0.2) is 71.2 Å². The van der Waals surface area contributed by atoms with E-state index < -0.39 is 5.97 Å². The normalized spacial score (nSPS) is 20.4. The van der Waals surface area contributed by atoms with Crippen molar-refractivity contribution < 1.29 is 19.4 Å². The molecular formula is C14H26N2O4. The highest BCUT2D eigenvalue weighted by molar-refractivity contribution is 5.79. The number of ether oxygens (including phenoxy) is 1. The summed E-state index contributed by atoms with van der Waals surface area (Å²) in [5.41, 5.74) is 0. The number of amides is 1. The molecule has 1 fully saturated rings. The van der Waals surface area contributed by atoms with Gasteiger partial charge in [0.2, 0.25) is 5.91 Å². The summed E-state index contributed by atoms with van der Waals surface area (Å²) >= 11 is 0. The number of nitrogens with zero attached hydrogens (tertiary/aromatic N) is 2. The van der Waals surface area contributed by atoms with E-state index in [1.165, 1.54) is 0 Å². The predicted molar refractivity (Wildman–Crippen MR) is 75.6 cm³/mol. The second-order valence-corrected chi connectivity index (χ2v) is 5.79. The largest absolute Gasteiger partial charge is 0.481 e. The van der Waals surface area contributed by atoms with Gasteiger partial charge in [0.25, 0.3) is 0 Å². The van der Waals surface area contributed by atoms with Crippen molar-refractivity contribution in [1.29, 1.82) is 0 Å². The average molecular weight is 286 g/mol. The molecule has 1 heterocycles. The topological polar surface area (TPSA) is 70.1 Å². The van der Waals surface area contributed by atoms with Crippen molar-refractivity contribution in [2.45, 2.75) is 52.2 Å². The number of hydrogen-bond donors (Lipinski definition) is 1. The molecule has 0 aromatic heterocycles. The number of hydrogen-bond acceptors (Lipinski definition) is 4. The smallest absolute Gasteiger partial charge is 0.305 e. The third-order valence-electron chi connectivity index (χ3n) is 3.50. The lowest BCUT2D eigenvalue weighted by Crippen LogP contribution is -2.53. The van der Waals surface area contributed by atoms with Crippen LogP contribution in [0.5, 0.6) is 0 Å². The van der Waals surface area contributed by atoms with Crippen LogP contribution in [0.15, 0.2) is 0 Å². The van der Waals surface area contributed by atoms with E-state index in [1.807, 2.05) is 37.5 Å². The lowest BCUT2D eigenvalue weighted by atomic mass is 10.1. The van der Waals surface area contributed by atoms with Crippen LogP contribution >= 0.6 is 0 Å². The van der Waals surface area contributed by atoms with Crippen molar-refractivity contribution in [2.24, 2.45) is 0 Å². The number of carbonyl (C=O) groups is 2. The van der Waals surface area contributed by atoms with Gasteiger partial charge in [-0.25, -0.2) is 0 Å². The van der Waals surface area contributed by atoms with Crippen LogP contribution in [-0.2, 0) is 14.3 Å². The standard InChI is InChI=1S/C14H26N2O4/c1-10(2)16(11(3)4)13(17)8-15-5-6-20-9-12(15)7-14(18)19/h10-12H,5-9H2,1-4H3,(H,18,19). The number of carboxylic acids is 1. The van der Waals surface area contributed by atoms with Crippen LogP contribution in [0, 0.1) is 0 Å². The van der Waals surface area contributed by atoms with Crippen LogP contribution in [0.3, 0.4) is 0 Å². The zero-order valence-electron chi connectivity index (χ0n) is 12.8. The minimum atomic E-state index is -0.859. The van der Waals surface area contributed by atoms with Gasteiger partial charge in [-0.3, -0.25) is 14.5 Å². The third kappa shape index (κ3) is 4.76. The highest BCUT2D eigenvalue weighted by Crippen LogP contribution is 2.13. The van der Waals surface area contributed by atoms with Crippen LogP contribution < -0.4 is 0 Å². The lowest BCUT2D eigenvalue weighted by Gasteiger charge is -2.37. The monoisotopic (exact) mass is 286 g/mol. The van der Waals surface area contributed by atoms with Crippen molar-refractivity contribution in [3.63, 3.8) is 0 Å². The molecule has 116 valence electrons. The van der Waals surface area contributed by atoms with Gasteiger partial charge in [-0.15, -0.1) is 0 Å². The number of aliphatic carboxylic acids is 1. The van der Waals surface area contributed by atoms with Gasteiger partial charge in [-0.2, -0.15) is 0 Å². The molecule has 0 saturated carbocycles. The molecule has 0 bridgehead atoms. The molecule has 1 saturated heterocycles. The van der Waals surface area contributed by atoms with Gasteiger partial charge in [-0.05, 0) is 27.7 Å². The highest BCUT2D eigenvalue weighted by atomic mass is 16.5. The summed E-state index contributed by atoms with van der Waals surface area (Å²) in [5.74, 6) is -0.810. The van der Waals surface area contributed by atoms with Crippen molar-refractivity contribution in [3.8, 4) is 0 Å². The molecule has 0 spiro atoms. The Morgan fingerprint density at radius 2 is 1.90 bits per heavy atom. The fourth-order valence-corrected chi connectivity index (χ4v) is 2.71. The first-order valence-corrected chi connectivity index (χ1v) is 7.17. The molecule has 0 radical (unpaired) electrons. The molecule has 1 unspecified atom stereocenters. The molecule has 0 aromatic rings. The maximum atomic E-state index is 12.4. The number of carboxylic acid groups (broad SMARTS) is 1.